The molecule has 4 nitrogen and oxygen atoms in total. The molecular formula is C65H48N4. The van der Waals surface area contributed by atoms with Gasteiger partial charge in [0.05, 0.1) is 39.6 Å². The molecule has 0 unspecified atom stereocenters. The molecule has 4 heteroatoms. The molecule has 14 rings (SSSR count). The third-order valence-corrected chi connectivity index (χ3v) is 15.9. The molecule has 10 aromatic rings. The van der Waals surface area contributed by atoms with Crippen LogP contribution in [0.2, 0.25) is 0 Å². The summed E-state index contributed by atoms with van der Waals surface area (Å²) in [5, 5.41) is 0. The van der Waals surface area contributed by atoms with Crippen molar-refractivity contribution in [3.05, 3.63) is 263 Å². The van der Waals surface area contributed by atoms with E-state index in [-0.39, 0.29) is 10.8 Å². The van der Waals surface area contributed by atoms with Gasteiger partial charge in [-0.2, -0.15) is 0 Å². The van der Waals surface area contributed by atoms with Gasteiger partial charge in [0, 0.05) is 27.6 Å². The molecule has 1 aromatic heterocycles. The lowest BCUT2D eigenvalue weighted by Crippen LogP contribution is -2.35. The predicted octanol–water partition coefficient (Wildman–Crippen LogP) is 16.4. The lowest BCUT2D eigenvalue weighted by atomic mass is 9.69. The SMILES string of the molecule is CC1(C)c2ccccc2N(c2ccccc2)c2cc3c(cc21)N(c1nc(-c2ccccc2)cc(-c2cccc4c2-c2ccccc2C42c4ccccc4-c4ccccc42)n1)c1ccccc1C3(C)C. The summed E-state index contributed by atoms with van der Waals surface area (Å²) in [4.78, 5) is 16.2. The Hall–Kier alpha value is -8.34. The van der Waals surface area contributed by atoms with Crippen LogP contribution in [-0.2, 0) is 16.2 Å². The highest BCUT2D eigenvalue weighted by atomic mass is 15.3. The topological polar surface area (TPSA) is 32.3 Å². The lowest BCUT2D eigenvalue weighted by molar-refractivity contribution is 0.614. The maximum absolute atomic E-state index is 5.80. The van der Waals surface area contributed by atoms with Crippen molar-refractivity contribution in [2.45, 2.75) is 43.9 Å². The van der Waals surface area contributed by atoms with Crippen molar-refractivity contribution in [2.24, 2.45) is 0 Å². The smallest absolute Gasteiger partial charge is 0.235 e. The Morgan fingerprint density at radius 1 is 0.319 bits per heavy atom. The zero-order valence-corrected chi connectivity index (χ0v) is 39.1. The van der Waals surface area contributed by atoms with Crippen LogP contribution < -0.4 is 9.80 Å². The molecule has 328 valence electrons. The van der Waals surface area contributed by atoms with Crippen LogP contribution in [0, 0.1) is 0 Å². The summed E-state index contributed by atoms with van der Waals surface area (Å²) >= 11 is 0. The summed E-state index contributed by atoms with van der Waals surface area (Å²) in [6.45, 7) is 9.49. The molecule has 0 amide bonds. The Morgan fingerprint density at radius 3 is 1.36 bits per heavy atom. The lowest BCUT2D eigenvalue weighted by Gasteiger charge is -2.46. The number of para-hydroxylation sites is 3. The third kappa shape index (κ3) is 5.34. The first-order valence-electron chi connectivity index (χ1n) is 24.2. The number of rotatable bonds is 4. The molecular weight excluding hydrogens is 837 g/mol. The van der Waals surface area contributed by atoms with Crippen molar-refractivity contribution < 1.29 is 0 Å². The number of fused-ring (bicyclic) bond motifs is 14. The molecule has 0 atom stereocenters. The van der Waals surface area contributed by atoms with E-state index in [1.165, 1.54) is 78.1 Å². The van der Waals surface area contributed by atoms with Gasteiger partial charge in [0.1, 0.15) is 0 Å². The number of aromatic nitrogens is 2. The van der Waals surface area contributed by atoms with Crippen LogP contribution >= 0.6 is 0 Å². The Balaban J connectivity index is 1.04. The van der Waals surface area contributed by atoms with Gasteiger partial charge in [-0.3, -0.25) is 4.90 Å². The zero-order valence-electron chi connectivity index (χ0n) is 39.1. The Bertz CT molecular complexity index is 3710. The normalized spacial score (nSPS) is 15.5. The average Bonchev–Trinajstić information content (AvgIpc) is 3.87. The van der Waals surface area contributed by atoms with E-state index < -0.39 is 5.41 Å². The number of hydrogen-bond acceptors (Lipinski definition) is 4. The molecule has 0 bridgehead atoms. The Labute approximate surface area is 403 Å². The molecule has 4 aliphatic rings. The monoisotopic (exact) mass is 884 g/mol. The highest BCUT2D eigenvalue weighted by molar-refractivity contribution is 6.00. The van der Waals surface area contributed by atoms with Gasteiger partial charge in [-0.1, -0.05) is 204 Å². The second-order valence-electron chi connectivity index (χ2n) is 20.1. The molecule has 69 heavy (non-hydrogen) atoms. The molecule has 2 aliphatic heterocycles. The molecule has 0 fully saturated rings. The first-order valence-corrected chi connectivity index (χ1v) is 24.2. The second kappa shape index (κ2) is 14.3. The van der Waals surface area contributed by atoms with Crippen molar-refractivity contribution in [1.29, 1.82) is 0 Å². The van der Waals surface area contributed by atoms with Crippen LogP contribution in [0.5, 0.6) is 0 Å². The Morgan fingerprint density at radius 2 is 0.754 bits per heavy atom. The first-order chi connectivity index (χ1) is 33.8. The van der Waals surface area contributed by atoms with Crippen molar-refractivity contribution in [3.8, 4) is 44.8 Å². The predicted molar refractivity (Wildman–Crippen MR) is 283 cm³/mol. The number of hydrogen-bond donors (Lipinski definition) is 0. The van der Waals surface area contributed by atoms with E-state index in [1.807, 2.05) is 0 Å². The first kappa shape index (κ1) is 39.8. The summed E-state index contributed by atoms with van der Waals surface area (Å²) < 4.78 is 0. The number of nitrogens with zero attached hydrogens (tertiary/aromatic N) is 4. The Kier molecular flexibility index (Phi) is 8.27. The van der Waals surface area contributed by atoms with Crippen molar-refractivity contribution in [3.63, 3.8) is 0 Å². The van der Waals surface area contributed by atoms with E-state index in [2.05, 4.69) is 256 Å². The van der Waals surface area contributed by atoms with Gasteiger partial charge in [0.2, 0.25) is 5.95 Å². The van der Waals surface area contributed by atoms with E-state index in [0.717, 1.165) is 39.6 Å². The maximum Gasteiger partial charge on any atom is 0.235 e. The minimum atomic E-state index is -0.471. The molecule has 0 saturated heterocycles. The van der Waals surface area contributed by atoms with Gasteiger partial charge in [-0.15, -0.1) is 0 Å². The van der Waals surface area contributed by atoms with Gasteiger partial charge in [0.15, 0.2) is 0 Å². The number of benzene rings is 9. The number of anilines is 6. The molecule has 2 aliphatic carbocycles. The van der Waals surface area contributed by atoms with Crippen LogP contribution in [0.4, 0.5) is 34.4 Å². The summed E-state index contributed by atoms with van der Waals surface area (Å²) in [6, 6.07) is 80.3. The van der Waals surface area contributed by atoms with Crippen LogP contribution in [0.1, 0.15) is 72.2 Å². The van der Waals surface area contributed by atoms with E-state index in [4.69, 9.17) is 9.97 Å². The fraction of sp³-hybridized carbons (Fsp3) is 0.108. The van der Waals surface area contributed by atoms with E-state index in [0.29, 0.717) is 5.95 Å². The molecule has 3 heterocycles. The van der Waals surface area contributed by atoms with Gasteiger partial charge in [0.25, 0.3) is 0 Å². The average molecular weight is 885 g/mol. The minimum absolute atomic E-state index is 0.317. The van der Waals surface area contributed by atoms with Crippen LogP contribution in [0.3, 0.4) is 0 Å². The zero-order chi connectivity index (χ0) is 46.2. The van der Waals surface area contributed by atoms with Crippen molar-refractivity contribution in [2.75, 3.05) is 9.80 Å². The van der Waals surface area contributed by atoms with Crippen molar-refractivity contribution in [1.82, 2.24) is 9.97 Å². The fourth-order valence-corrected chi connectivity index (χ4v) is 12.7. The van der Waals surface area contributed by atoms with Crippen LogP contribution in [0.25, 0.3) is 44.8 Å². The third-order valence-electron chi connectivity index (χ3n) is 15.9. The van der Waals surface area contributed by atoms with E-state index in [9.17, 15) is 0 Å². The summed E-state index contributed by atoms with van der Waals surface area (Å²) in [5.74, 6) is 0.639. The van der Waals surface area contributed by atoms with Crippen LogP contribution in [-0.4, -0.2) is 9.97 Å². The van der Waals surface area contributed by atoms with E-state index >= 15 is 0 Å². The molecule has 0 radical (unpaired) electrons. The molecule has 0 N–H and O–H groups in total. The standard InChI is InChI=1S/C65H48N4/c1-63(2)50-33-17-19-36-57(50)68(42-24-9-6-10-25-42)59-38-54-60(39-53(59)63)69(58-37-20-18-34-51(58)64(54,3)4)62-66-55(41-22-7-5-8-23-41)40-56(67-62)46-29-21-35-52-61(46)45-28-13-16-32-49(45)65(52)47-30-14-11-26-43(47)44-27-12-15-31-48(44)65/h5-40H,1-4H3. The minimum Gasteiger partial charge on any atom is -0.310 e. The highest BCUT2D eigenvalue weighted by Gasteiger charge is 2.52. The van der Waals surface area contributed by atoms with Crippen LogP contribution in [0.15, 0.2) is 218 Å². The van der Waals surface area contributed by atoms with Gasteiger partial charge < -0.3 is 4.90 Å². The van der Waals surface area contributed by atoms with Gasteiger partial charge >= 0.3 is 0 Å². The van der Waals surface area contributed by atoms with E-state index in [1.54, 1.807) is 0 Å². The molecule has 9 aromatic carbocycles. The summed E-state index contributed by atoms with van der Waals surface area (Å²) in [5.41, 5.74) is 23.7. The molecule has 0 saturated carbocycles. The second-order valence-corrected chi connectivity index (χ2v) is 20.1. The summed E-state index contributed by atoms with van der Waals surface area (Å²) in [6.07, 6.45) is 0. The quantitative estimate of drug-likeness (QED) is 0.176. The maximum atomic E-state index is 5.80. The summed E-state index contributed by atoms with van der Waals surface area (Å²) in [7, 11) is 0. The highest BCUT2D eigenvalue weighted by Crippen LogP contribution is 2.64. The molecule has 1 spiro atoms. The fourth-order valence-electron chi connectivity index (χ4n) is 12.7. The van der Waals surface area contributed by atoms with Gasteiger partial charge in [-0.05, 0) is 109 Å². The van der Waals surface area contributed by atoms with Crippen molar-refractivity contribution >= 4 is 34.4 Å². The van der Waals surface area contributed by atoms with Gasteiger partial charge in [-0.25, -0.2) is 9.97 Å². The largest absolute Gasteiger partial charge is 0.310 e.